The molecule has 4 nitrogen and oxygen atoms in total. The van der Waals surface area contributed by atoms with Gasteiger partial charge < -0.3 is 15.4 Å². The van der Waals surface area contributed by atoms with Crippen LogP contribution < -0.4 is 10.6 Å². The second kappa shape index (κ2) is 10.2. The van der Waals surface area contributed by atoms with Crippen LogP contribution in [-0.2, 0) is 4.74 Å². The van der Waals surface area contributed by atoms with E-state index in [1.54, 1.807) is 0 Å². The van der Waals surface area contributed by atoms with Crippen LogP contribution in [0.2, 0.25) is 0 Å². The Labute approximate surface area is 112 Å². The maximum absolute atomic E-state index is 5.51. The fraction of sp³-hybridized carbons (Fsp3) is 0.929. The van der Waals surface area contributed by atoms with Crippen LogP contribution in [0.4, 0.5) is 0 Å². The minimum Gasteiger partial charge on any atom is -0.380 e. The number of hydrogen-bond acceptors (Lipinski definition) is 2. The zero-order valence-electron chi connectivity index (χ0n) is 12.0. The van der Waals surface area contributed by atoms with E-state index in [1.165, 1.54) is 38.5 Å². The van der Waals surface area contributed by atoms with E-state index < -0.39 is 0 Å². The summed E-state index contributed by atoms with van der Waals surface area (Å²) in [5.74, 6) is 0.918. The van der Waals surface area contributed by atoms with E-state index in [1.807, 2.05) is 7.05 Å². The molecule has 106 valence electrons. The smallest absolute Gasteiger partial charge is 0.191 e. The van der Waals surface area contributed by atoms with Crippen LogP contribution in [0.25, 0.3) is 0 Å². The van der Waals surface area contributed by atoms with E-state index in [0.29, 0.717) is 6.04 Å². The Morgan fingerprint density at radius 3 is 2.67 bits per heavy atom. The predicted molar refractivity (Wildman–Crippen MR) is 77.1 cm³/mol. The van der Waals surface area contributed by atoms with E-state index >= 15 is 0 Å². The van der Waals surface area contributed by atoms with Crippen molar-refractivity contribution in [1.82, 2.24) is 10.6 Å². The topological polar surface area (TPSA) is 45.6 Å². The van der Waals surface area contributed by atoms with Crippen molar-refractivity contribution in [2.45, 2.75) is 57.9 Å². The number of hydrogen-bond donors (Lipinski definition) is 2. The number of nitrogens with one attached hydrogen (secondary N) is 2. The van der Waals surface area contributed by atoms with E-state index in [0.717, 1.165) is 32.1 Å². The van der Waals surface area contributed by atoms with Gasteiger partial charge in [0.15, 0.2) is 5.96 Å². The van der Waals surface area contributed by atoms with Gasteiger partial charge in [-0.1, -0.05) is 32.6 Å². The first-order valence-electron chi connectivity index (χ1n) is 7.41. The Balaban J connectivity index is 2.06. The molecule has 0 heterocycles. The SMILES string of the molecule is CCCCOCCNC(=NC)NC1CCCCC1. The molecule has 1 aliphatic carbocycles. The van der Waals surface area contributed by atoms with Gasteiger partial charge in [0.05, 0.1) is 6.61 Å². The highest BCUT2D eigenvalue weighted by atomic mass is 16.5. The highest BCUT2D eigenvalue weighted by Gasteiger charge is 2.13. The van der Waals surface area contributed by atoms with Gasteiger partial charge in [0, 0.05) is 26.2 Å². The predicted octanol–water partition coefficient (Wildman–Crippen LogP) is 2.30. The summed E-state index contributed by atoms with van der Waals surface area (Å²) in [5.41, 5.74) is 0. The summed E-state index contributed by atoms with van der Waals surface area (Å²) >= 11 is 0. The van der Waals surface area contributed by atoms with Crippen LogP contribution in [0.15, 0.2) is 4.99 Å². The molecule has 0 bridgehead atoms. The molecular weight excluding hydrogens is 226 g/mol. The van der Waals surface area contributed by atoms with Gasteiger partial charge >= 0.3 is 0 Å². The van der Waals surface area contributed by atoms with Gasteiger partial charge in [-0.2, -0.15) is 0 Å². The van der Waals surface area contributed by atoms with Crippen molar-refractivity contribution in [2.75, 3.05) is 26.8 Å². The van der Waals surface area contributed by atoms with Crippen molar-refractivity contribution in [3.8, 4) is 0 Å². The number of guanidine groups is 1. The molecule has 1 saturated carbocycles. The Morgan fingerprint density at radius 1 is 1.22 bits per heavy atom. The van der Waals surface area contributed by atoms with Gasteiger partial charge in [-0.25, -0.2) is 0 Å². The maximum Gasteiger partial charge on any atom is 0.191 e. The molecule has 0 aromatic heterocycles. The zero-order chi connectivity index (χ0) is 13.1. The maximum atomic E-state index is 5.51. The Hall–Kier alpha value is -0.770. The summed E-state index contributed by atoms with van der Waals surface area (Å²) in [5, 5.41) is 6.80. The first-order chi connectivity index (χ1) is 8.86. The second-order valence-corrected chi connectivity index (χ2v) is 4.94. The van der Waals surface area contributed by atoms with Crippen LogP contribution in [0.1, 0.15) is 51.9 Å². The Bertz CT molecular complexity index is 225. The molecule has 0 radical (unpaired) electrons. The lowest BCUT2D eigenvalue weighted by Gasteiger charge is -2.24. The molecule has 18 heavy (non-hydrogen) atoms. The van der Waals surface area contributed by atoms with E-state index in [9.17, 15) is 0 Å². The Morgan fingerprint density at radius 2 is 2.00 bits per heavy atom. The van der Waals surface area contributed by atoms with Gasteiger partial charge in [-0.15, -0.1) is 0 Å². The number of aliphatic imine (C=N–C) groups is 1. The molecule has 4 heteroatoms. The molecule has 0 spiro atoms. The largest absolute Gasteiger partial charge is 0.380 e. The molecule has 0 aliphatic heterocycles. The molecular formula is C14H29N3O. The number of nitrogens with zero attached hydrogens (tertiary/aromatic N) is 1. The average Bonchev–Trinajstić information content (AvgIpc) is 2.42. The summed E-state index contributed by atoms with van der Waals surface area (Å²) in [7, 11) is 1.83. The van der Waals surface area contributed by atoms with Crippen LogP contribution in [0, 0.1) is 0 Å². The Kier molecular flexibility index (Phi) is 8.65. The summed E-state index contributed by atoms with van der Waals surface area (Å²) in [6.07, 6.45) is 8.95. The fourth-order valence-corrected chi connectivity index (χ4v) is 2.22. The fourth-order valence-electron chi connectivity index (χ4n) is 2.22. The van der Waals surface area contributed by atoms with Crippen molar-refractivity contribution < 1.29 is 4.74 Å². The summed E-state index contributed by atoms with van der Waals surface area (Å²) in [6.45, 7) is 4.63. The minimum atomic E-state index is 0.603. The summed E-state index contributed by atoms with van der Waals surface area (Å²) in [4.78, 5) is 4.25. The van der Waals surface area contributed by atoms with Gasteiger partial charge in [-0.05, 0) is 19.3 Å². The number of rotatable bonds is 7. The van der Waals surface area contributed by atoms with Crippen LogP contribution in [0.5, 0.6) is 0 Å². The lowest BCUT2D eigenvalue weighted by atomic mass is 9.96. The second-order valence-electron chi connectivity index (χ2n) is 4.94. The van der Waals surface area contributed by atoms with Gasteiger partial charge in [0.2, 0.25) is 0 Å². The zero-order valence-corrected chi connectivity index (χ0v) is 12.0. The van der Waals surface area contributed by atoms with E-state index in [4.69, 9.17) is 4.74 Å². The normalized spacial score (nSPS) is 17.8. The van der Waals surface area contributed by atoms with Crippen LogP contribution >= 0.6 is 0 Å². The van der Waals surface area contributed by atoms with Crippen molar-refractivity contribution in [3.63, 3.8) is 0 Å². The van der Waals surface area contributed by atoms with Crippen molar-refractivity contribution in [3.05, 3.63) is 0 Å². The molecule has 0 saturated heterocycles. The lowest BCUT2D eigenvalue weighted by Crippen LogP contribution is -2.45. The van der Waals surface area contributed by atoms with E-state index in [2.05, 4.69) is 22.5 Å². The summed E-state index contributed by atoms with van der Waals surface area (Å²) < 4.78 is 5.51. The van der Waals surface area contributed by atoms with Gasteiger partial charge in [-0.3, -0.25) is 4.99 Å². The van der Waals surface area contributed by atoms with Crippen molar-refractivity contribution >= 4 is 5.96 Å². The first-order valence-corrected chi connectivity index (χ1v) is 7.41. The monoisotopic (exact) mass is 255 g/mol. The first kappa shape index (κ1) is 15.3. The third kappa shape index (κ3) is 6.84. The quantitative estimate of drug-likeness (QED) is 0.417. The van der Waals surface area contributed by atoms with Crippen LogP contribution in [-0.4, -0.2) is 38.8 Å². The molecule has 2 N–H and O–H groups in total. The van der Waals surface area contributed by atoms with Gasteiger partial charge in [0.25, 0.3) is 0 Å². The molecule has 0 aromatic carbocycles. The summed E-state index contributed by atoms with van der Waals surface area (Å²) in [6, 6.07) is 0.603. The minimum absolute atomic E-state index is 0.603. The molecule has 0 amide bonds. The number of ether oxygens (including phenoxy) is 1. The van der Waals surface area contributed by atoms with Crippen molar-refractivity contribution in [2.24, 2.45) is 4.99 Å². The molecule has 1 aliphatic rings. The van der Waals surface area contributed by atoms with Crippen molar-refractivity contribution in [1.29, 1.82) is 0 Å². The molecule has 1 rings (SSSR count). The molecule has 0 aromatic rings. The molecule has 1 fully saturated rings. The average molecular weight is 255 g/mol. The lowest BCUT2D eigenvalue weighted by molar-refractivity contribution is 0.136. The third-order valence-corrected chi connectivity index (χ3v) is 3.35. The molecule has 0 unspecified atom stereocenters. The van der Waals surface area contributed by atoms with Gasteiger partial charge in [0.1, 0.15) is 0 Å². The highest BCUT2D eigenvalue weighted by Crippen LogP contribution is 2.17. The van der Waals surface area contributed by atoms with Crippen LogP contribution in [0.3, 0.4) is 0 Å². The highest BCUT2D eigenvalue weighted by molar-refractivity contribution is 5.79. The number of unbranched alkanes of at least 4 members (excludes halogenated alkanes) is 1. The molecule has 0 atom stereocenters. The van der Waals surface area contributed by atoms with E-state index in [-0.39, 0.29) is 0 Å². The standard InChI is InChI=1S/C14H29N3O/c1-3-4-11-18-12-10-16-14(15-2)17-13-8-6-5-7-9-13/h13H,3-12H2,1-2H3,(H2,15,16,17). The third-order valence-electron chi connectivity index (χ3n) is 3.35.